The second-order valence-electron chi connectivity index (χ2n) is 10.2. The molecule has 1 aromatic carbocycles. The van der Waals surface area contributed by atoms with Gasteiger partial charge in [0, 0.05) is 49.2 Å². The zero-order valence-corrected chi connectivity index (χ0v) is 20.3. The Kier molecular flexibility index (Phi) is 6.08. The van der Waals surface area contributed by atoms with Gasteiger partial charge < -0.3 is 19.7 Å². The summed E-state index contributed by atoms with van der Waals surface area (Å²) in [6.07, 6.45) is 7.60. The number of rotatable bonds is 6. The second-order valence-corrected chi connectivity index (χ2v) is 10.2. The van der Waals surface area contributed by atoms with Crippen molar-refractivity contribution in [1.29, 1.82) is 0 Å². The van der Waals surface area contributed by atoms with Gasteiger partial charge in [-0.3, -0.25) is 14.5 Å². The number of carbonyl (C=O) groups is 2. The number of nitrogens with one attached hydrogen (secondary N) is 1. The fraction of sp³-hybridized carbons (Fsp3) is 0.481. The summed E-state index contributed by atoms with van der Waals surface area (Å²) in [5, 5.41) is 10.7. The molecule has 9 nitrogen and oxygen atoms in total. The molecule has 1 aliphatic carbocycles. The molecular weight excluding hydrogens is 458 g/mol. The Hall–Kier alpha value is -3.46. The summed E-state index contributed by atoms with van der Waals surface area (Å²) >= 11 is 0. The molecule has 3 atom stereocenters. The van der Waals surface area contributed by atoms with Crippen LogP contribution in [0.2, 0.25) is 0 Å². The molecule has 1 N–H and O–H groups in total. The van der Waals surface area contributed by atoms with Crippen LogP contribution >= 0.6 is 0 Å². The van der Waals surface area contributed by atoms with Gasteiger partial charge in [0.1, 0.15) is 24.0 Å². The molecule has 0 bridgehead atoms. The number of allylic oxidation sites excluding steroid dienone is 1. The maximum atomic E-state index is 13.0. The van der Waals surface area contributed by atoms with Gasteiger partial charge in [0.25, 0.3) is 5.91 Å². The van der Waals surface area contributed by atoms with Crippen LogP contribution in [-0.2, 0) is 11.3 Å². The Balaban J connectivity index is 1.09. The van der Waals surface area contributed by atoms with E-state index in [1.54, 1.807) is 11.1 Å². The fourth-order valence-corrected chi connectivity index (χ4v) is 5.85. The number of fused-ring (bicyclic) bond motifs is 1. The number of benzene rings is 1. The SMILES string of the molecule is C=C1CCC(N2Cc3cc(O[C@H]4CCCC[C@@H]4N4CC(Oc5cccnn5)C4)ccc3C2=O)C(=O)N1. The molecule has 4 aliphatic rings. The highest BCUT2D eigenvalue weighted by molar-refractivity contribution is 6.01. The van der Waals surface area contributed by atoms with Gasteiger partial charge in [-0.15, -0.1) is 5.10 Å². The van der Waals surface area contributed by atoms with E-state index in [2.05, 4.69) is 27.0 Å². The topological polar surface area (TPSA) is 96.9 Å². The molecule has 3 aliphatic heterocycles. The summed E-state index contributed by atoms with van der Waals surface area (Å²) < 4.78 is 12.5. The van der Waals surface area contributed by atoms with Gasteiger partial charge in [-0.2, -0.15) is 5.10 Å². The maximum absolute atomic E-state index is 13.0. The van der Waals surface area contributed by atoms with Crippen molar-refractivity contribution in [2.24, 2.45) is 0 Å². The molecule has 4 heterocycles. The molecule has 2 aromatic rings. The van der Waals surface area contributed by atoms with Crippen LogP contribution in [0, 0.1) is 0 Å². The third-order valence-corrected chi connectivity index (χ3v) is 7.74. The zero-order valence-electron chi connectivity index (χ0n) is 20.3. The molecule has 1 unspecified atom stereocenters. The first-order valence-electron chi connectivity index (χ1n) is 12.8. The smallest absolute Gasteiger partial charge is 0.255 e. The molecule has 6 rings (SSSR count). The van der Waals surface area contributed by atoms with E-state index >= 15 is 0 Å². The Morgan fingerprint density at radius 2 is 1.92 bits per heavy atom. The standard InChI is InChI=1S/C27H31N5O4/c1-17-8-11-23(26(33)29-17)32-14-18-13-19(9-10-21(18)27(32)34)35-24-6-3-2-5-22(24)31-15-20(16-31)36-25-7-4-12-28-30-25/h4,7,9-10,12-13,20,22-24H,1-3,5-6,8,11,14-16H2,(H,29,33)/t22-,23?,24-/m0/s1. The quantitative estimate of drug-likeness (QED) is 0.666. The molecular formula is C27H31N5O4. The van der Waals surface area contributed by atoms with Gasteiger partial charge in [0.2, 0.25) is 11.8 Å². The summed E-state index contributed by atoms with van der Waals surface area (Å²) in [6.45, 7) is 5.97. The molecule has 0 spiro atoms. The first-order valence-corrected chi connectivity index (χ1v) is 12.8. The van der Waals surface area contributed by atoms with E-state index in [1.807, 2.05) is 30.3 Å². The Labute approximate surface area is 210 Å². The lowest BCUT2D eigenvalue weighted by Gasteiger charge is -2.47. The number of likely N-dealkylation sites (tertiary alicyclic amines) is 1. The lowest BCUT2D eigenvalue weighted by molar-refractivity contribution is -0.126. The van der Waals surface area contributed by atoms with Crippen LogP contribution < -0.4 is 14.8 Å². The Bertz CT molecular complexity index is 1170. The third-order valence-electron chi connectivity index (χ3n) is 7.74. The summed E-state index contributed by atoms with van der Waals surface area (Å²) in [4.78, 5) is 29.6. The monoisotopic (exact) mass is 489 g/mol. The minimum absolute atomic E-state index is 0.0884. The fourth-order valence-electron chi connectivity index (χ4n) is 5.85. The molecule has 36 heavy (non-hydrogen) atoms. The van der Waals surface area contributed by atoms with E-state index in [-0.39, 0.29) is 24.0 Å². The van der Waals surface area contributed by atoms with Crippen molar-refractivity contribution < 1.29 is 19.1 Å². The Morgan fingerprint density at radius 3 is 2.72 bits per heavy atom. The number of hydrogen-bond acceptors (Lipinski definition) is 7. The van der Waals surface area contributed by atoms with E-state index in [4.69, 9.17) is 9.47 Å². The van der Waals surface area contributed by atoms with Gasteiger partial charge in [0.05, 0.1) is 0 Å². The van der Waals surface area contributed by atoms with Crippen LogP contribution in [0.25, 0.3) is 0 Å². The first-order chi connectivity index (χ1) is 17.5. The molecule has 1 aromatic heterocycles. The maximum Gasteiger partial charge on any atom is 0.255 e. The van der Waals surface area contributed by atoms with Crippen molar-refractivity contribution in [2.75, 3.05) is 13.1 Å². The minimum atomic E-state index is -0.453. The van der Waals surface area contributed by atoms with Crippen LogP contribution in [0.1, 0.15) is 54.4 Å². The highest BCUT2D eigenvalue weighted by Gasteiger charge is 2.41. The molecule has 1 saturated carbocycles. The van der Waals surface area contributed by atoms with Gasteiger partial charge >= 0.3 is 0 Å². The molecule has 9 heteroatoms. The van der Waals surface area contributed by atoms with Crippen LogP contribution in [0.4, 0.5) is 0 Å². The lowest BCUT2D eigenvalue weighted by atomic mass is 9.89. The number of piperidine rings is 1. The van der Waals surface area contributed by atoms with E-state index in [0.29, 0.717) is 42.6 Å². The number of carbonyl (C=O) groups excluding carboxylic acids is 2. The lowest BCUT2D eigenvalue weighted by Crippen LogP contribution is -2.62. The van der Waals surface area contributed by atoms with Crippen LogP contribution in [0.3, 0.4) is 0 Å². The third kappa shape index (κ3) is 4.43. The second kappa shape index (κ2) is 9.54. The van der Waals surface area contributed by atoms with E-state index in [0.717, 1.165) is 43.7 Å². The van der Waals surface area contributed by atoms with Crippen molar-refractivity contribution in [2.45, 2.75) is 69.4 Å². The average molecular weight is 490 g/mol. The summed E-state index contributed by atoms with van der Waals surface area (Å²) in [5.41, 5.74) is 2.29. The van der Waals surface area contributed by atoms with E-state index in [1.165, 1.54) is 6.42 Å². The van der Waals surface area contributed by atoms with Gasteiger partial charge in [-0.05, 0) is 61.9 Å². The highest BCUT2D eigenvalue weighted by Crippen LogP contribution is 2.34. The summed E-state index contributed by atoms with van der Waals surface area (Å²) in [7, 11) is 0. The number of ether oxygens (including phenoxy) is 2. The number of nitrogens with zero attached hydrogens (tertiary/aromatic N) is 4. The van der Waals surface area contributed by atoms with Crippen LogP contribution in [0.5, 0.6) is 11.6 Å². The van der Waals surface area contributed by atoms with Crippen LogP contribution in [0.15, 0.2) is 48.8 Å². The van der Waals surface area contributed by atoms with Crippen molar-refractivity contribution >= 4 is 11.8 Å². The number of aromatic nitrogens is 2. The predicted molar refractivity (Wildman–Crippen MR) is 131 cm³/mol. The normalized spacial score (nSPS) is 26.8. The molecule has 0 radical (unpaired) electrons. The minimum Gasteiger partial charge on any atom is -0.489 e. The largest absolute Gasteiger partial charge is 0.489 e. The van der Waals surface area contributed by atoms with E-state index in [9.17, 15) is 9.59 Å². The van der Waals surface area contributed by atoms with Gasteiger partial charge in [-0.1, -0.05) is 13.0 Å². The summed E-state index contributed by atoms with van der Waals surface area (Å²) in [5.74, 6) is 1.12. The number of hydrogen-bond donors (Lipinski definition) is 1. The first kappa shape index (κ1) is 23.0. The predicted octanol–water partition coefficient (Wildman–Crippen LogP) is 2.68. The molecule has 2 saturated heterocycles. The highest BCUT2D eigenvalue weighted by atomic mass is 16.5. The van der Waals surface area contributed by atoms with Crippen molar-refractivity contribution in [3.8, 4) is 11.6 Å². The molecule has 188 valence electrons. The average Bonchev–Trinajstić information content (AvgIpc) is 3.18. The van der Waals surface area contributed by atoms with Crippen molar-refractivity contribution in [3.05, 3.63) is 59.9 Å². The molecule has 2 amide bonds. The van der Waals surface area contributed by atoms with Gasteiger partial charge in [-0.25, -0.2) is 0 Å². The van der Waals surface area contributed by atoms with Crippen LogP contribution in [-0.4, -0.2) is 69.2 Å². The van der Waals surface area contributed by atoms with E-state index < -0.39 is 6.04 Å². The number of amides is 2. The molecule has 3 fully saturated rings. The Morgan fingerprint density at radius 1 is 1.06 bits per heavy atom. The van der Waals surface area contributed by atoms with Gasteiger partial charge in [0.15, 0.2) is 0 Å². The van der Waals surface area contributed by atoms with Crippen molar-refractivity contribution in [1.82, 2.24) is 25.3 Å². The summed E-state index contributed by atoms with van der Waals surface area (Å²) in [6, 6.07) is 9.27. The van der Waals surface area contributed by atoms with Crippen molar-refractivity contribution in [3.63, 3.8) is 0 Å². The zero-order chi connectivity index (χ0) is 24.6.